The lowest BCUT2D eigenvalue weighted by Crippen LogP contribution is -2.05. The molecule has 2 heterocycles. The molecule has 0 saturated heterocycles. The molecule has 0 fully saturated rings. The Balaban J connectivity index is 0.000000188. The van der Waals surface area contributed by atoms with Crippen LogP contribution in [-0.4, -0.2) is 67.7 Å². The van der Waals surface area contributed by atoms with Gasteiger partial charge in [0.15, 0.2) is 0 Å². The molecule has 6 aromatic rings. The van der Waals surface area contributed by atoms with Crippen LogP contribution >= 0.6 is 0 Å². The molecular formula is C38H40N4O6. The minimum absolute atomic E-state index is 0.0178. The molecule has 0 unspecified atom stereocenters. The summed E-state index contributed by atoms with van der Waals surface area (Å²) in [7, 11) is 0. The van der Waals surface area contributed by atoms with Crippen LogP contribution in [0.15, 0.2) is 84.9 Å². The van der Waals surface area contributed by atoms with Crippen molar-refractivity contribution in [3.05, 3.63) is 107 Å². The van der Waals surface area contributed by atoms with Gasteiger partial charge in [-0.3, -0.25) is 0 Å². The van der Waals surface area contributed by atoms with Crippen LogP contribution in [0.3, 0.4) is 0 Å². The number of aryl methyl sites for hydroxylation is 2. The van der Waals surface area contributed by atoms with E-state index in [1.54, 1.807) is 38.1 Å². The molecule has 0 aliphatic carbocycles. The average Bonchev–Trinajstić information content (AvgIpc) is 3.64. The van der Waals surface area contributed by atoms with Crippen molar-refractivity contribution in [1.82, 2.24) is 19.1 Å². The van der Waals surface area contributed by atoms with Crippen molar-refractivity contribution in [2.45, 2.75) is 40.8 Å². The van der Waals surface area contributed by atoms with E-state index in [1.165, 1.54) is 11.1 Å². The van der Waals surface area contributed by atoms with Crippen LogP contribution < -0.4 is 0 Å². The lowest BCUT2D eigenvalue weighted by atomic mass is 10.1. The summed E-state index contributed by atoms with van der Waals surface area (Å²) in [6.45, 7) is 9.22. The second-order valence-corrected chi connectivity index (χ2v) is 11.2. The Morgan fingerprint density at radius 2 is 0.979 bits per heavy atom. The van der Waals surface area contributed by atoms with Crippen molar-refractivity contribution >= 4 is 34.0 Å². The Bertz CT molecular complexity index is 1880. The molecule has 2 aromatic heterocycles. The van der Waals surface area contributed by atoms with Crippen molar-refractivity contribution in [2.24, 2.45) is 0 Å². The van der Waals surface area contributed by atoms with Crippen LogP contribution in [-0.2, 0) is 22.6 Å². The molecular weight excluding hydrogens is 608 g/mol. The third-order valence-corrected chi connectivity index (χ3v) is 7.79. The monoisotopic (exact) mass is 648 g/mol. The number of esters is 2. The van der Waals surface area contributed by atoms with E-state index in [0.717, 1.165) is 33.8 Å². The van der Waals surface area contributed by atoms with E-state index < -0.39 is 0 Å². The van der Waals surface area contributed by atoms with Crippen molar-refractivity contribution in [1.29, 1.82) is 0 Å². The molecule has 48 heavy (non-hydrogen) atoms. The smallest absolute Gasteiger partial charge is 0.338 e. The summed E-state index contributed by atoms with van der Waals surface area (Å²) in [5.41, 5.74) is 8.45. The highest BCUT2D eigenvalue weighted by Gasteiger charge is 2.17. The summed E-state index contributed by atoms with van der Waals surface area (Å²) in [6.07, 6.45) is 0. The Labute approximate surface area is 279 Å². The minimum Gasteiger partial charge on any atom is -0.462 e. The van der Waals surface area contributed by atoms with E-state index in [2.05, 4.69) is 9.97 Å². The predicted molar refractivity (Wildman–Crippen MR) is 186 cm³/mol. The number of hydrogen-bond acceptors (Lipinski definition) is 8. The largest absolute Gasteiger partial charge is 0.462 e. The molecule has 0 spiro atoms. The summed E-state index contributed by atoms with van der Waals surface area (Å²) in [5.74, 6) is 0.848. The number of ether oxygens (including phenoxy) is 2. The summed E-state index contributed by atoms with van der Waals surface area (Å²) >= 11 is 0. The minimum atomic E-state index is -0.354. The quantitative estimate of drug-likeness (QED) is 0.164. The number of aliphatic hydroxyl groups excluding tert-OH is 2. The third kappa shape index (κ3) is 7.46. The van der Waals surface area contributed by atoms with Gasteiger partial charge in [-0.25, -0.2) is 19.6 Å². The van der Waals surface area contributed by atoms with E-state index in [1.807, 2.05) is 83.6 Å². The molecule has 10 nitrogen and oxygen atoms in total. The van der Waals surface area contributed by atoms with Gasteiger partial charge in [0.2, 0.25) is 0 Å². The Hall–Kier alpha value is -5.32. The van der Waals surface area contributed by atoms with Gasteiger partial charge in [-0.15, -0.1) is 0 Å². The molecule has 4 aromatic carbocycles. The first-order valence-electron chi connectivity index (χ1n) is 16.0. The second-order valence-electron chi connectivity index (χ2n) is 11.2. The molecule has 0 bridgehead atoms. The summed E-state index contributed by atoms with van der Waals surface area (Å²) < 4.78 is 14.0. The van der Waals surface area contributed by atoms with Gasteiger partial charge in [0.1, 0.15) is 11.6 Å². The third-order valence-electron chi connectivity index (χ3n) is 7.79. The molecule has 0 radical (unpaired) electrons. The number of fused-ring (bicyclic) bond motifs is 2. The Kier molecular flexibility index (Phi) is 11.0. The van der Waals surface area contributed by atoms with Crippen LogP contribution in [0.2, 0.25) is 0 Å². The number of aromatic nitrogens is 4. The van der Waals surface area contributed by atoms with E-state index in [0.29, 0.717) is 48.5 Å². The molecule has 0 saturated carbocycles. The zero-order valence-electron chi connectivity index (χ0n) is 27.6. The topological polar surface area (TPSA) is 129 Å². The maximum absolute atomic E-state index is 11.9. The standard InChI is InChI=1S/2C19H20N2O3/c2*1-3-24-19(23)15-8-9-17-16(12-15)20-18(21(17)10-11-22)14-6-4-13(2)5-7-14/h2*4-9,12,22H,3,10-11H2,1-2H3. The lowest BCUT2D eigenvalue weighted by Gasteiger charge is -2.08. The Morgan fingerprint density at radius 1 is 0.604 bits per heavy atom. The van der Waals surface area contributed by atoms with Crippen LogP contribution in [0.1, 0.15) is 45.7 Å². The summed E-state index contributed by atoms with van der Waals surface area (Å²) in [5, 5.41) is 18.8. The molecule has 0 aliphatic heterocycles. The maximum atomic E-state index is 11.9. The van der Waals surface area contributed by atoms with E-state index in [9.17, 15) is 19.8 Å². The van der Waals surface area contributed by atoms with Crippen molar-refractivity contribution in [2.75, 3.05) is 26.4 Å². The first kappa shape index (κ1) is 34.0. The molecule has 2 N–H and O–H groups in total. The fourth-order valence-corrected chi connectivity index (χ4v) is 5.44. The molecule has 0 amide bonds. The maximum Gasteiger partial charge on any atom is 0.338 e. The number of rotatable bonds is 10. The second kappa shape index (κ2) is 15.5. The van der Waals surface area contributed by atoms with Gasteiger partial charge < -0.3 is 28.8 Å². The van der Waals surface area contributed by atoms with Crippen LogP contribution in [0.25, 0.3) is 44.8 Å². The fourth-order valence-electron chi connectivity index (χ4n) is 5.44. The molecule has 10 heteroatoms. The SMILES string of the molecule is CCOC(=O)c1ccc2c(c1)nc(-c1ccc(C)cc1)n2CCO.CCOC(=O)c1ccc2c(c1)nc(-c1ccc(C)cc1)n2CCO. The number of hydrogen-bond donors (Lipinski definition) is 2. The lowest BCUT2D eigenvalue weighted by molar-refractivity contribution is 0.0517. The zero-order valence-corrected chi connectivity index (χ0v) is 27.6. The van der Waals surface area contributed by atoms with Gasteiger partial charge in [0, 0.05) is 24.2 Å². The molecule has 0 atom stereocenters. The van der Waals surface area contributed by atoms with Crippen LogP contribution in [0.4, 0.5) is 0 Å². The van der Waals surface area contributed by atoms with Gasteiger partial charge in [-0.2, -0.15) is 0 Å². The summed E-state index contributed by atoms with van der Waals surface area (Å²) in [4.78, 5) is 33.2. The number of carbonyl (C=O) groups is 2. The van der Waals surface area contributed by atoms with Crippen molar-refractivity contribution in [3.8, 4) is 22.8 Å². The molecule has 6 rings (SSSR count). The number of imidazole rings is 2. The van der Waals surface area contributed by atoms with Crippen LogP contribution in [0.5, 0.6) is 0 Å². The number of nitrogens with zero attached hydrogens (tertiary/aromatic N) is 4. The normalized spacial score (nSPS) is 11.0. The molecule has 248 valence electrons. The van der Waals surface area contributed by atoms with Crippen LogP contribution in [0, 0.1) is 13.8 Å². The number of carbonyl (C=O) groups excluding carboxylic acids is 2. The van der Waals surface area contributed by atoms with Gasteiger partial charge in [0.05, 0.1) is 59.6 Å². The highest BCUT2D eigenvalue weighted by atomic mass is 16.5. The van der Waals surface area contributed by atoms with E-state index >= 15 is 0 Å². The van der Waals surface area contributed by atoms with Gasteiger partial charge >= 0.3 is 11.9 Å². The van der Waals surface area contributed by atoms with Gasteiger partial charge in [-0.1, -0.05) is 59.7 Å². The van der Waals surface area contributed by atoms with E-state index in [4.69, 9.17) is 9.47 Å². The zero-order chi connectivity index (χ0) is 34.2. The number of aliphatic hydroxyl groups is 2. The fraction of sp³-hybridized carbons (Fsp3) is 0.263. The van der Waals surface area contributed by atoms with Gasteiger partial charge in [0.25, 0.3) is 0 Å². The predicted octanol–water partition coefficient (Wildman–Crippen LogP) is 6.36. The van der Waals surface area contributed by atoms with Gasteiger partial charge in [-0.05, 0) is 64.1 Å². The van der Waals surface area contributed by atoms with Crippen molar-refractivity contribution in [3.63, 3.8) is 0 Å². The highest BCUT2D eigenvalue weighted by Crippen LogP contribution is 2.27. The average molecular weight is 649 g/mol. The Morgan fingerprint density at radius 3 is 1.31 bits per heavy atom. The first-order valence-corrected chi connectivity index (χ1v) is 16.0. The highest BCUT2D eigenvalue weighted by molar-refractivity contribution is 5.95. The number of benzene rings is 4. The van der Waals surface area contributed by atoms with E-state index in [-0.39, 0.29) is 25.2 Å². The first-order chi connectivity index (χ1) is 23.3. The summed E-state index contributed by atoms with van der Waals surface area (Å²) in [6, 6.07) is 26.8. The van der Waals surface area contributed by atoms with Crippen molar-refractivity contribution < 1.29 is 29.3 Å². The molecule has 0 aliphatic rings.